The van der Waals surface area contributed by atoms with E-state index in [-0.39, 0.29) is 5.78 Å². The fourth-order valence-electron chi connectivity index (χ4n) is 2.75. The molecule has 0 saturated carbocycles. The molecule has 1 fully saturated rings. The molecule has 4 heteroatoms. The number of ketones is 1. The summed E-state index contributed by atoms with van der Waals surface area (Å²) in [6.45, 7) is 5.66. The molecule has 0 amide bonds. The number of hydrogen-bond donors (Lipinski definition) is 0. The minimum Gasteiger partial charge on any atom is -0.292 e. The van der Waals surface area contributed by atoms with E-state index < -0.39 is 0 Å². The predicted molar refractivity (Wildman–Crippen MR) is 96.1 cm³/mol. The van der Waals surface area contributed by atoms with Gasteiger partial charge in [0.15, 0.2) is 5.78 Å². The molecule has 0 radical (unpaired) electrons. The predicted octanol–water partition coefficient (Wildman–Crippen LogP) is 3.24. The van der Waals surface area contributed by atoms with E-state index in [2.05, 4.69) is 28.7 Å². The van der Waals surface area contributed by atoms with Crippen LogP contribution in [0.4, 0.5) is 0 Å². The fourth-order valence-corrected chi connectivity index (χ4v) is 2.75. The number of hydrogen-bond acceptors (Lipinski definition) is 4. The highest BCUT2D eigenvalue weighted by molar-refractivity contribution is 6.14. The molecule has 3 heterocycles. The Hall–Kier alpha value is -2.59. The van der Waals surface area contributed by atoms with Gasteiger partial charge in [0.25, 0.3) is 0 Å². The number of nitrogens with zero attached hydrogens (tertiary/aromatic N) is 3. The molecule has 1 aliphatic rings. The van der Waals surface area contributed by atoms with E-state index in [1.807, 2.05) is 36.4 Å². The molecule has 0 atom stereocenters. The Balaban J connectivity index is 1.96. The molecule has 2 aromatic heterocycles. The quantitative estimate of drug-likeness (QED) is 0.815. The molecule has 0 spiro atoms. The first-order valence-corrected chi connectivity index (χ1v) is 8.13. The average Bonchev–Trinajstić information content (AvgIpc) is 2.60. The minimum absolute atomic E-state index is 0.125. The van der Waals surface area contributed by atoms with Gasteiger partial charge in [0.05, 0.1) is 0 Å². The molecule has 24 heavy (non-hydrogen) atoms. The van der Waals surface area contributed by atoms with Crippen molar-refractivity contribution in [1.82, 2.24) is 14.9 Å². The number of pyridine rings is 2. The maximum Gasteiger partial charge on any atom is 0.187 e. The van der Waals surface area contributed by atoms with Crippen molar-refractivity contribution in [1.29, 1.82) is 0 Å². The lowest BCUT2D eigenvalue weighted by molar-refractivity contribution is -0.113. The van der Waals surface area contributed by atoms with Crippen LogP contribution in [-0.2, 0) is 4.79 Å². The smallest absolute Gasteiger partial charge is 0.187 e. The third-order valence-corrected chi connectivity index (χ3v) is 4.15. The van der Waals surface area contributed by atoms with Gasteiger partial charge in [-0.1, -0.05) is 0 Å². The number of rotatable bonds is 3. The number of Topliss-reactive ketones (excluding diaryl/α,β-unsaturated/α-hetero) is 1. The first-order chi connectivity index (χ1) is 11.6. The van der Waals surface area contributed by atoms with Gasteiger partial charge in [0.2, 0.25) is 0 Å². The van der Waals surface area contributed by atoms with Gasteiger partial charge < -0.3 is 0 Å². The van der Waals surface area contributed by atoms with Gasteiger partial charge in [-0.15, -0.1) is 0 Å². The maximum atomic E-state index is 12.9. The van der Waals surface area contributed by atoms with Gasteiger partial charge in [-0.25, -0.2) is 0 Å². The van der Waals surface area contributed by atoms with Crippen LogP contribution >= 0.6 is 0 Å². The Morgan fingerprint density at radius 3 is 1.67 bits per heavy atom. The van der Waals surface area contributed by atoms with Crippen LogP contribution in [0.1, 0.15) is 25.0 Å². The van der Waals surface area contributed by atoms with Crippen LogP contribution in [0.5, 0.6) is 0 Å². The number of piperidine rings is 1. The van der Waals surface area contributed by atoms with Crippen molar-refractivity contribution in [2.24, 2.45) is 0 Å². The van der Waals surface area contributed by atoms with Gasteiger partial charge in [-0.2, -0.15) is 0 Å². The van der Waals surface area contributed by atoms with Gasteiger partial charge in [-0.3, -0.25) is 19.7 Å². The SMILES string of the molecule is CC(C)N1C/C(=C/c2ccncc2)C(=O)/C(=C/c2ccncc2)C1. The minimum atomic E-state index is 0.125. The molecule has 0 N–H and O–H groups in total. The number of carbonyl (C=O) groups is 1. The highest BCUT2D eigenvalue weighted by atomic mass is 16.1. The van der Waals surface area contributed by atoms with Gasteiger partial charge in [-0.05, 0) is 61.4 Å². The number of likely N-dealkylation sites (tertiary alicyclic amines) is 1. The first-order valence-electron chi connectivity index (χ1n) is 8.13. The molecule has 0 aromatic carbocycles. The van der Waals surface area contributed by atoms with Crippen LogP contribution in [0.2, 0.25) is 0 Å². The summed E-state index contributed by atoms with van der Waals surface area (Å²) in [4.78, 5) is 23.3. The molecule has 0 aliphatic carbocycles. The lowest BCUT2D eigenvalue weighted by Crippen LogP contribution is -2.41. The summed E-state index contributed by atoms with van der Waals surface area (Å²) in [6.07, 6.45) is 10.9. The lowest BCUT2D eigenvalue weighted by atomic mass is 9.94. The van der Waals surface area contributed by atoms with E-state index in [0.717, 1.165) is 22.3 Å². The molecular formula is C20H21N3O. The summed E-state index contributed by atoms with van der Waals surface area (Å²) in [7, 11) is 0. The van der Waals surface area contributed by atoms with Crippen LogP contribution in [0.25, 0.3) is 12.2 Å². The van der Waals surface area contributed by atoms with Crippen LogP contribution < -0.4 is 0 Å². The molecule has 1 aliphatic heterocycles. The Morgan fingerprint density at radius 1 is 0.875 bits per heavy atom. The van der Waals surface area contributed by atoms with Gasteiger partial charge in [0.1, 0.15) is 0 Å². The van der Waals surface area contributed by atoms with Crippen LogP contribution in [0, 0.1) is 0 Å². The Bertz CT molecular complexity index is 702. The molecule has 122 valence electrons. The second kappa shape index (κ2) is 7.32. The van der Waals surface area contributed by atoms with E-state index in [1.165, 1.54) is 0 Å². The third-order valence-electron chi connectivity index (χ3n) is 4.15. The fraction of sp³-hybridized carbons (Fsp3) is 0.250. The molecule has 0 unspecified atom stereocenters. The Morgan fingerprint density at radius 2 is 1.29 bits per heavy atom. The van der Waals surface area contributed by atoms with E-state index in [9.17, 15) is 4.79 Å². The normalized spacial score (nSPS) is 19.4. The Kier molecular flexibility index (Phi) is 4.96. The monoisotopic (exact) mass is 319 g/mol. The molecule has 4 nitrogen and oxygen atoms in total. The van der Waals surface area contributed by atoms with Crippen LogP contribution in [-0.4, -0.2) is 39.8 Å². The zero-order valence-electron chi connectivity index (χ0n) is 14.0. The van der Waals surface area contributed by atoms with Gasteiger partial charge in [0, 0.05) is 55.1 Å². The summed E-state index contributed by atoms with van der Waals surface area (Å²) in [5.41, 5.74) is 3.65. The largest absolute Gasteiger partial charge is 0.292 e. The summed E-state index contributed by atoms with van der Waals surface area (Å²) in [5, 5.41) is 0. The Labute approximate surface area is 142 Å². The van der Waals surface area contributed by atoms with Crippen molar-refractivity contribution in [3.63, 3.8) is 0 Å². The third kappa shape index (κ3) is 3.84. The molecule has 1 saturated heterocycles. The first kappa shape index (κ1) is 16.3. The van der Waals surface area contributed by atoms with Crippen molar-refractivity contribution >= 4 is 17.9 Å². The topological polar surface area (TPSA) is 46.1 Å². The number of carbonyl (C=O) groups excluding carboxylic acids is 1. The molecule has 3 rings (SSSR count). The average molecular weight is 319 g/mol. The second-order valence-corrected chi connectivity index (χ2v) is 6.23. The summed E-state index contributed by atoms with van der Waals surface area (Å²) in [5.74, 6) is 0.125. The molecule has 0 bridgehead atoms. The summed E-state index contributed by atoms with van der Waals surface area (Å²) >= 11 is 0. The number of aromatic nitrogens is 2. The molecule has 2 aromatic rings. The molecular weight excluding hydrogens is 298 g/mol. The lowest BCUT2D eigenvalue weighted by Gasteiger charge is -2.32. The highest BCUT2D eigenvalue weighted by Crippen LogP contribution is 2.23. The van der Waals surface area contributed by atoms with Crippen molar-refractivity contribution in [3.05, 3.63) is 71.3 Å². The maximum absolute atomic E-state index is 12.9. The highest BCUT2D eigenvalue weighted by Gasteiger charge is 2.27. The summed E-state index contributed by atoms with van der Waals surface area (Å²) in [6, 6.07) is 8.04. The van der Waals surface area contributed by atoms with Crippen LogP contribution in [0.3, 0.4) is 0 Å². The van der Waals surface area contributed by atoms with E-state index in [4.69, 9.17) is 0 Å². The zero-order valence-corrected chi connectivity index (χ0v) is 14.0. The second-order valence-electron chi connectivity index (χ2n) is 6.23. The van der Waals surface area contributed by atoms with E-state index in [0.29, 0.717) is 19.1 Å². The van der Waals surface area contributed by atoms with Crippen molar-refractivity contribution < 1.29 is 4.79 Å². The van der Waals surface area contributed by atoms with Crippen molar-refractivity contribution in [2.45, 2.75) is 19.9 Å². The standard InChI is InChI=1S/C20H21N3O/c1-15(2)23-13-18(11-16-3-7-21-8-4-16)20(24)19(14-23)12-17-5-9-22-10-6-17/h3-12,15H,13-14H2,1-2H3/b18-11-,19-12+. The zero-order chi connectivity index (χ0) is 16.9. The van der Waals surface area contributed by atoms with E-state index in [1.54, 1.807) is 24.8 Å². The van der Waals surface area contributed by atoms with Gasteiger partial charge >= 0.3 is 0 Å². The van der Waals surface area contributed by atoms with E-state index >= 15 is 0 Å². The van der Waals surface area contributed by atoms with Crippen LogP contribution in [0.15, 0.2) is 60.2 Å². The summed E-state index contributed by atoms with van der Waals surface area (Å²) < 4.78 is 0. The van der Waals surface area contributed by atoms with Crippen molar-refractivity contribution in [3.8, 4) is 0 Å². The van der Waals surface area contributed by atoms with Crippen molar-refractivity contribution in [2.75, 3.05) is 13.1 Å².